The molecule has 6 heteroatoms. The lowest BCUT2D eigenvalue weighted by atomic mass is 10.2. The van der Waals surface area contributed by atoms with Crippen molar-refractivity contribution in [2.75, 3.05) is 0 Å². The minimum atomic E-state index is -1.04. The summed E-state index contributed by atoms with van der Waals surface area (Å²) in [4.78, 5) is 14.1. The second-order valence-corrected chi connectivity index (χ2v) is 4.69. The van der Waals surface area contributed by atoms with E-state index in [2.05, 4.69) is 10.1 Å². The molecule has 0 aliphatic heterocycles. The number of aromatic nitrogens is 3. The number of nitrogens with one attached hydrogen (secondary N) is 1. The lowest BCUT2D eigenvalue weighted by molar-refractivity contribution is 0.0689. The van der Waals surface area contributed by atoms with Crippen LogP contribution in [0.3, 0.4) is 0 Å². The van der Waals surface area contributed by atoms with Crippen molar-refractivity contribution in [3.8, 4) is 11.4 Å². The number of rotatable bonds is 2. The molecule has 0 bridgehead atoms. The van der Waals surface area contributed by atoms with Crippen LogP contribution in [-0.4, -0.2) is 25.8 Å². The van der Waals surface area contributed by atoms with Crippen LogP contribution in [0.15, 0.2) is 30.3 Å². The van der Waals surface area contributed by atoms with Gasteiger partial charge in [-0.1, -0.05) is 11.6 Å². The van der Waals surface area contributed by atoms with Gasteiger partial charge in [-0.3, -0.25) is 4.68 Å². The third-order valence-electron chi connectivity index (χ3n) is 2.96. The van der Waals surface area contributed by atoms with Crippen LogP contribution < -0.4 is 0 Å². The number of hydrogen-bond donors (Lipinski definition) is 2. The molecule has 0 saturated carbocycles. The molecule has 0 unspecified atom stereocenters. The highest BCUT2D eigenvalue weighted by molar-refractivity contribution is 6.31. The summed E-state index contributed by atoms with van der Waals surface area (Å²) >= 11 is 5.94. The highest BCUT2D eigenvalue weighted by atomic mass is 35.5. The molecule has 5 nitrogen and oxygen atoms in total. The van der Waals surface area contributed by atoms with Crippen molar-refractivity contribution in [2.24, 2.45) is 7.05 Å². The van der Waals surface area contributed by atoms with E-state index in [0.717, 1.165) is 16.6 Å². The van der Waals surface area contributed by atoms with Crippen molar-refractivity contribution in [3.63, 3.8) is 0 Å². The minimum absolute atomic E-state index is 0.0224. The van der Waals surface area contributed by atoms with Crippen molar-refractivity contribution in [3.05, 3.63) is 41.0 Å². The van der Waals surface area contributed by atoms with Crippen LogP contribution in [0.2, 0.25) is 5.02 Å². The van der Waals surface area contributed by atoms with Crippen LogP contribution in [0, 0.1) is 0 Å². The summed E-state index contributed by atoms with van der Waals surface area (Å²) in [6, 6.07) is 9.00. The van der Waals surface area contributed by atoms with Gasteiger partial charge in [-0.25, -0.2) is 4.79 Å². The highest BCUT2D eigenvalue weighted by Gasteiger charge is 2.14. The van der Waals surface area contributed by atoms with Crippen LogP contribution in [0.5, 0.6) is 0 Å². The molecule has 0 saturated heterocycles. The Bertz CT molecular complexity index is 788. The number of halogens is 1. The van der Waals surface area contributed by atoms with Crippen molar-refractivity contribution >= 4 is 28.5 Å². The summed E-state index contributed by atoms with van der Waals surface area (Å²) in [5, 5.41) is 14.5. The zero-order valence-electron chi connectivity index (χ0n) is 10.0. The molecule has 3 rings (SSSR count). The number of nitrogens with zero attached hydrogens (tertiary/aromatic N) is 2. The standard InChI is InChI=1S/C13H10ClN3O2/c1-17-12(6-11(16-17)13(18)19)10-5-7-4-8(14)2-3-9(7)15-10/h2-6,15H,1H3,(H,18,19). The Labute approximate surface area is 113 Å². The van der Waals surface area contributed by atoms with Gasteiger partial charge in [0.1, 0.15) is 0 Å². The van der Waals surface area contributed by atoms with E-state index in [9.17, 15) is 4.79 Å². The average molecular weight is 276 g/mol. The van der Waals surface area contributed by atoms with Crippen molar-refractivity contribution in [2.45, 2.75) is 0 Å². The fraction of sp³-hybridized carbons (Fsp3) is 0.0769. The van der Waals surface area contributed by atoms with Gasteiger partial charge in [0.05, 0.1) is 11.4 Å². The summed E-state index contributed by atoms with van der Waals surface area (Å²) in [6.07, 6.45) is 0. The zero-order valence-corrected chi connectivity index (χ0v) is 10.8. The first-order chi connectivity index (χ1) is 9.04. The van der Waals surface area contributed by atoms with Crippen molar-refractivity contribution in [1.82, 2.24) is 14.8 Å². The molecular weight excluding hydrogens is 266 g/mol. The number of carboxylic acids is 1. The van der Waals surface area contributed by atoms with E-state index in [0.29, 0.717) is 10.7 Å². The molecule has 0 fully saturated rings. The molecule has 0 aliphatic carbocycles. The van der Waals surface area contributed by atoms with Gasteiger partial charge in [0.15, 0.2) is 5.69 Å². The minimum Gasteiger partial charge on any atom is -0.476 e. The molecule has 0 radical (unpaired) electrons. The molecule has 0 spiro atoms. The maximum absolute atomic E-state index is 10.9. The van der Waals surface area contributed by atoms with Gasteiger partial charge < -0.3 is 10.1 Å². The Kier molecular flexibility index (Phi) is 2.57. The molecule has 2 N–H and O–H groups in total. The zero-order chi connectivity index (χ0) is 13.6. The summed E-state index contributed by atoms with van der Waals surface area (Å²) < 4.78 is 1.54. The number of aromatic carboxylic acids is 1. The maximum atomic E-state index is 10.9. The van der Waals surface area contributed by atoms with Crippen molar-refractivity contribution < 1.29 is 9.90 Å². The van der Waals surface area contributed by atoms with E-state index in [-0.39, 0.29) is 5.69 Å². The monoisotopic (exact) mass is 275 g/mol. The maximum Gasteiger partial charge on any atom is 0.356 e. The van der Waals surface area contributed by atoms with Crippen LogP contribution >= 0.6 is 11.6 Å². The van der Waals surface area contributed by atoms with Gasteiger partial charge in [0, 0.05) is 29.0 Å². The summed E-state index contributed by atoms with van der Waals surface area (Å²) in [5.74, 6) is -1.04. The van der Waals surface area contributed by atoms with E-state index >= 15 is 0 Å². The van der Waals surface area contributed by atoms with Crippen LogP contribution in [0.4, 0.5) is 0 Å². The molecule has 0 atom stereocenters. The van der Waals surface area contributed by atoms with E-state index in [4.69, 9.17) is 16.7 Å². The van der Waals surface area contributed by atoms with E-state index in [1.807, 2.05) is 18.2 Å². The van der Waals surface area contributed by atoms with Crippen LogP contribution in [0.1, 0.15) is 10.5 Å². The van der Waals surface area contributed by atoms with Crippen LogP contribution in [-0.2, 0) is 7.05 Å². The van der Waals surface area contributed by atoms with Crippen molar-refractivity contribution in [1.29, 1.82) is 0 Å². The first-order valence-corrected chi connectivity index (χ1v) is 5.98. The summed E-state index contributed by atoms with van der Waals surface area (Å²) in [7, 11) is 1.71. The molecule has 96 valence electrons. The Morgan fingerprint density at radius 1 is 1.37 bits per heavy atom. The number of hydrogen-bond acceptors (Lipinski definition) is 2. The Morgan fingerprint density at radius 3 is 2.84 bits per heavy atom. The molecule has 0 amide bonds. The number of H-pyrrole nitrogens is 1. The Morgan fingerprint density at radius 2 is 2.16 bits per heavy atom. The predicted octanol–water partition coefficient (Wildman–Crippen LogP) is 2.92. The normalized spacial score (nSPS) is 11.1. The average Bonchev–Trinajstić information content (AvgIpc) is 2.91. The summed E-state index contributed by atoms with van der Waals surface area (Å²) in [5.41, 5.74) is 2.48. The largest absolute Gasteiger partial charge is 0.476 e. The first-order valence-electron chi connectivity index (χ1n) is 5.60. The second-order valence-electron chi connectivity index (χ2n) is 4.26. The van der Waals surface area contributed by atoms with Gasteiger partial charge in [0.25, 0.3) is 0 Å². The third kappa shape index (κ3) is 1.98. The third-order valence-corrected chi connectivity index (χ3v) is 3.19. The van der Waals surface area contributed by atoms with Gasteiger partial charge in [-0.15, -0.1) is 0 Å². The Balaban J connectivity index is 2.16. The summed E-state index contributed by atoms with van der Waals surface area (Å²) in [6.45, 7) is 0. The number of aryl methyl sites for hydroxylation is 1. The first kappa shape index (κ1) is 11.8. The molecular formula is C13H10ClN3O2. The fourth-order valence-electron chi connectivity index (χ4n) is 2.07. The fourth-order valence-corrected chi connectivity index (χ4v) is 2.25. The highest BCUT2D eigenvalue weighted by Crippen LogP contribution is 2.26. The van der Waals surface area contributed by atoms with E-state index in [1.165, 1.54) is 10.7 Å². The van der Waals surface area contributed by atoms with Gasteiger partial charge in [-0.2, -0.15) is 5.10 Å². The van der Waals surface area contributed by atoms with Gasteiger partial charge in [-0.05, 0) is 24.3 Å². The Hall–Kier alpha value is -2.27. The number of carboxylic acid groups (broad SMARTS) is 1. The number of carbonyl (C=O) groups is 1. The SMILES string of the molecule is Cn1nc(C(=O)O)cc1-c1cc2cc(Cl)ccc2[nH]1. The van der Waals surface area contributed by atoms with E-state index in [1.54, 1.807) is 13.1 Å². The lowest BCUT2D eigenvalue weighted by Crippen LogP contribution is -1.99. The predicted molar refractivity (Wildman–Crippen MR) is 72.5 cm³/mol. The topological polar surface area (TPSA) is 70.9 Å². The molecule has 1 aromatic carbocycles. The number of aromatic amines is 1. The lowest BCUT2D eigenvalue weighted by Gasteiger charge is -1.96. The molecule has 19 heavy (non-hydrogen) atoms. The van der Waals surface area contributed by atoms with Gasteiger partial charge in [0.2, 0.25) is 0 Å². The molecule has 3 aromatic rings. The van der Waals surface area contributed by atoms with Gasteiger partial charge >= 0.3 is 5.97 Å². The van der Waals surface area contributed by atoms with Crippen LogP contribution in [0.25, 0.3) is 22.3 Å². The molecule has 0 aliphatic rings. The number of benzene rings is 1. The molecule has 2 aromatic heterocycles. The second kappa shape index (κ2) is 4.13. The number of fused-ring (bicyclic) bond motifs is 1. The van der Waals surface area contributed by atoms with E-state index < -0.39 is 5.97 Å². The quantitative estimate of drug-likeness (QED) is 0.755. The molecule has 2 heterocycles. The smallest absolute Gasteiger partial charge is 0.356 e.